The SMILES string of the molecule is COc1cccc(-c2cnc(N)nc2-c2c[nH]c3ccccc23)c1. The van der Waals surface area contributed by atoms with Gasteiger partial charge < -0.3 is 15.5 Å². The van der Waals surface area contributed by atoms with Gasteiger partial charge >= 0.3 is 0 Å². The van der Waals surface area contributed by atoms with Crippen LogP contribution >= 0.6 is 0 Å². The second-order valence-electron chi connectivity index (χ2n) is 5.47. The first kappa shape index (κ1) is 14.3. The summed E-state index contributed by atoms with van der Waals surface area (Å²) in [7, 11) is 1.65. The predicted molar refractivity (Wildman–Crippen MR) is 95.7 cm³/mol. The summed E-state index contributed by atoms with van der Waals surface area (Å²) in [6.45, 7) is 0. The molecule has 24 heavy (non-hydrogen) atoms. The minimum Gasteiger partial charge on any atom is -0.497 e. The molecule has 2 heterocycles. The summed E-state index contributed by atoms with van der Waals surface area (Å²) >= 11 is 0. The quantitative estimate of drug-likeness (QED) is 0.601. The minimum atomic E-state index is 0.252. The number of nitrogens with zero attached hydrogens (tertiary/aromatic N) is 2. The van der Waals surface area contributed by atoms with Crippen LogP contribution < -0.4 is 10.5 Å². The van der Waals surface area contributed by atoms with Crippen LogP contribution in [0.5, 0.6) is 5.75 Å². The van der Waals surface area contributed by atoms with E-state index in [1.807, 2.05) is 48.7 Å². The van der Waals surface area contributed by atoms with Gasteiger partial charge in [-0.25, -0.2) is 9.97 Å². The van der Waals surface area contributed by atoms with Gasteiger partial charge in [-0.2, -0.15) is 0 Å². The van der Waals surface area contributed by atoms with E-state index >= 15 is 0 Å². The molecule has 0 saturated carbocycles. The molecule has 5 heteroatoms. The fourth-order valence-corrected chi connectivity index (χ4v) is 2.87. The first-order chi connectivity index (χ1) is 11.8. The number of nitrogens with two attached hydrogens (primary N) is 1. The van der Waals surface area contributed by atoms with E-state index < -0.39 is 0 Å². The number of fused-ring (bicyclic) bond motifs is 1. The lowest BCUT2D eigenvalue weighted by Gasteiger charge is -2.10. The summed E-state index contributed by atoms with van der Waals surface area (Å²) < 4.78 is 5.33. The lowest BCUT2D eigenvalue weighted by atomic mass is 10.0. The molecule has 2 aromatic carbocycles. The molecule has 0 bridgehead atoms. The van der Waals surface area contributed by atoms with Crippen LogP contribution in [0.2, 0.25) is 0 Å². The van der Waals surface area contributed by atoms with Crippen LogP contribution in [0.1, 0.15) is 0 Å². The van der Waals surface area contributed by atoms with Gasteiger partial charge in [0.15, 0.2) is 0 Å². The molecule has 0 amide bonds. The van der Waals surface area contributed by atoms with Gasteiger partial charge in [0.2, 0.25) is 5.95 Å². The van der Waals surface area contributed by atoms with Gasteiger partial charge in [0, 0.05) is 34.4 Å². The fourth-order valence-electron chi connectivity index (χ4n) is 2.87. The molecule has 4 rings (SSSR count). The number of nitrogens with one attached hydrogen (secondary N) is 1. The number of rotatable bonds is 3. The average Bonchev–Trinajstić information content (AvgIpc) is 3.05. The average molecular weight is 316 g/mol. The third-order valence-electron chi connectivity index (χ3n) is 4.03. The van der Waals surface area contributed by atoms with Crippen molar-refractivity contribution in [2.75, 3.05) is 12.8 Å². The second kappa shape index (κ2) is 5.70. The zero-order valence-electron chi connectivity index (χ0n) is 13.2. The van der Waals surface area contributed by atoms with Crippen LogP contribution in [-0.2, 0) is 0 Å². The van der Waals surface area contributed by atoms with Gasteiger partial charge in [0.25, 0.3) is 0 Å². The summed E-state index contributed by atoms with van der Waals surface area (Å²) in [4.78, 5) is 12.0. The van der Waals surface area contributed by atoms with Crippen molar-refractivity contribution >= 4 is 16.9 Å². The maximum absolute atomic E-state index is 5.85. The third kappa shape index (κ3) is 2.36. The van der Waals surface area contributed by atoms with Crippen LogP contribution in [0, 0.1) is 0 Å². The zero-order chi connectivity index (χ0) is 16.5. The number of H-pyrrole nitrogens is 1. The Morgan fingerprint density at radius 1 is 1.04 bits per heavy atom. The number of nitrogen functional groups attached to an aromatic ring is 1. The number of methoxy groups -OCH3 is 1. The highest BCUT2D eigenvalue weighted by molar-refractivity contribution is 5.98. The maximum atomic E-state index is 5.85. The van der Waals surface area contributed by atoms with Crippen molar-refractivity contribution in [3.63, 3.8) is 0 Å². The summed E-state index contributed by atoms with van der Waals surface area (Å²) in [6.07, 6.45) is 3.71. The lowest BCUT2D eigenvalue weighted by Crippen LogP contribution is -1.98. The Morgan fingerprint density at radius 3 is 2.79 bits per heavy atom. The molecule has 5 nitrogen and oxygen atoms in total. The van der Waals surface area contributed by atoms with E-state index in [0.29, 0.717) is 0 Å². The van der Waals surface area contributed by atoms with E-state index in [-0.39, 0.29) is 5.95 Å². The highest BCUT2D eigenvalue weighted by atomic mass is 16.5. The maximum Gasteiger partial charge on any atom is 0.220 e. The summed E-state index contributed by atoms with van der Waals surface area (Å²) in [5, 5.41) is 1.10. The molecule has 118 valence electrons. The smallest absolute Gasteiger partial charge is 0.220 e. The summed E-state index contributed by atoms with van der Waals surface area (Å²) in [6, 6.07) is 15.9. The number of ether oxygens (including phenoxy) is 1. The fraction of sp³-hybridized carbons (Fsp3) is 0.0526. The molecule has 0 spiro atoms. The molecule has 0 unspecified atom stereocenters. The number of hydrogen-bond donors (Lipinski definition) is 2. The van der Waals surface area contributed by atoms with Crippen molar-refractivity contribution < 1.29 is 4.74 Å². The van der Waals surface area contributed by atoms with E-state index in [1.165, 1.54) is 0 Å². The summed E-state index contributed by atoms with van der Waals surface area (Å²) in [5.74, 6) is 1.04. The predicted octanol–water partition coefficient (Wildman–Crippen LogP) is 3.88. The van der Waals surface area contributed by atoms with Crippen molar-refractivity contribution in [2.24, 2.45) is 0 Å². The second-order valence-corrected chi connectivity index (χ2v) is 5.47. The van der Waals surface area contributed by atoms with E-state index in [4.69, 9.17) is 10.5 Å². The van der Waals surface area contributed by atoms with E-state index in [2.05, 4.69) is 21.0 Å². The molecule has 0 radical (unpaired) electrons. The molecule has 0 atom stereocenters. The van der Waals surface area contributed by atoms with Crippen molar-refractivity contribution in [1.29, 1.82) is 0 Å². The van der Waals surface area contributed by atoms with Crippen molar-refractivity contribution in [1.82, 2.24) is 15.0 Å². The number of para-hydroxylation sites is 1. The van der Waals surface area contributed by atoms with Gasteiger partial charge in [0.1, 0.15) is 5.75 Å². The van der Waals surface area contributed by atoms with Gasteiger partial charge in [-0.15, -0.1) is 0 Å². The highest BCUT2D eigenvalue weighted by Crippen LogP contribution is 2.35. The van der Waals surface area contributed by atoms with Gasteiger partial charge in [-0.3, -0.25) is 0 Å². The number of aromatic nitrogens is 3. The number of aromatic amines is 1. The molecule has 0 fully saturated rings. The van der Waals surface area contributed by atoms with Gasteiger partial charge in [0.05, 0.1) is 12.8 Å². The van der Waals surface area contributed by atoms with Gasteiger partial charge in [-0.1, -0.05) is 30.3 Å². The Kier molecular flexibility index (Phi) is 3.39. The number of anilines is 1. The normalized spacial score (nSPS) is 10.9. The molecule has 0 aliphatic heterocycles. The number of benzene rings is 2. The van der Waals surface area contributed by atoms with Crippen LogP contribution in [0.4, 0.5) is 5.95 Å². The third-order valence-corrected chi connectivity index (χ3v) is 4.03. The lowest BCUT2D eigenvalue weighted by molar-refractivity contribution is 0.415. The first-order valence-electron chi connectivity index (χ1n) is 7.59. The molecule has 0 saturated heterocycles. The largest absolute Gasteiger partial charge is 0.497 e. The first-order valence-corrected chi connectivity index (χ1v) is 7.59. The van der Waals surface area contributed by atoms with Crippen molar-refractivity contribution in [3.8, 4) is 28.1 Å². The molecule has 2 aromatic heterocycles. The van der Waals surface area contributed by atoms with Crippen molar-refractivity contribution in [2.45, 2.75) is 0 Å². The topological polar surface area (TPSA) is 76.8 Å². The molecular formula is C19H16N4O. The monoisotopic (exact) mass is 316 g/mol. The van der Waals surface area contributed by atoms with Crippen LogP contribution in [0.3, 0.4) is 0 Å². The Labute approximate surface area is 139 Å². The zero-order valence-corrected chi connectivity index (χ0v) is 13.2. The Balaban J connectivity index is 1.97. The van der Waals surface area contributed by atoms with Crippen LogP contribution in [0.15, 0.2) is 60.9 Å². The van der Waals surface area contributed by atoms with Gasteiger partial charge in [-0.05, 0) is 23.8 Å². The summed E-state index contributed by atoms with van der Waals surface area (Å²) in [5.41, 5.74) is 10.6. The molecule has 0 aliphatic carbocycles. The molecular weight excluding hydrogens is 300 g/mol. The molecule has 3 N–H and O–H groups in total. The molecule has 4 aromatic rings. The van der Waals surface area contributed by atoms with Crippen LogP contribution in [-0.4, -0.2) is 22.1 Å². The minimum absolute atomic E-state index is 0.252. The van der Waals surface area contributed by atoms with Crippen molar-refractivity contribution in [3.05, 3.63) is 60.9 Å². The van der Waals surface area contributed by atoms with E-state index in [1.54, 1.807) is 13.3 Å². The Bertz CT molecular complexity index is 1020. The standard InChI is InChI=1S/C19H16N4O/c1-24-13-6-4-5-12(9-13)15-10-22-19(20)23-18(15)16-11-21-17-8-3-2-7-14(16)17/h2-11,21H,1H3,(H2,20,22,23). The molecule has 0 aliphatic rings. The van der Waals surface area contributed by atoms with E-state index in [9.17, 15) is 0 Å². The Morgan fingerprint density at radius 2 is 1.92 bits per heavy atom. The Hall–Kier alpha value is -3.34. The van der Waals surface area contributed by atoms with Crippen LogP contribution in [0.25, 0.3) is 33.3 Å². The highest BCUT2D eigenvalue weighted by Gasteiger charge is 2.15. The van der Waals surface area contributed by atoms with E-state index in [0.717, 1.165) is 39.0 Å². The number of hydrogen-bond acceptors (Lipinski definition) is 4.